The molecular formula is C20H36O3Si. The summed E-state index contributed by atoms with van der Waals surface area (Å²) in [5, 5.41) is 1.18. The molecule has 0 saturated heterocycles. The van der Waals surface area contributed by atoms with E-state index >= 15 is 0 Å². The number of carbonyl (C=O) groups excluding carboxylic acids is 1. The van der Waals surface area contributed by atoms with E-state index in [2.05, 4.69) is 41.5 Å². The Kier molecular flexibility index (Phi) is 5.83. The van der Waals surface area contributed by atoms with Crippen LogP contribution in [0.4, 0.5) is 0 Å². The molecule has 1 saturated carbocycles. The third kappa shape index (κ3) is 2.48. The second kappa shape index (κ2) is 7.04. The topological polar surface area (TPSA) is 35.5 Å². The minimum atomic E-state index is -2.02. The van der Waals surface area contributed by atoms with Crippen molar-refractivity contribution in [2.75, 3.05) is 14.2 Å². The van der Waals surface area contributed by atoms with Crippen molar-refractivity contribution in [3.63, 3.8) is 0 Å². The Balaban J connectivity index is 2.75. The zero-order valence-corrected chi connectivity index (χ0v) is 17.9. The summed E-state index contributed by atoms with van der Waals surface area (Å²) in [6.07, 6.45) is 4.39. The lowest BCUT2D eigenvalue weighted by Crippen LogP contribution is -2.53. The number of ketones is 1. The summed E-state index contributed by atoms with van der Waals surface area (Å²) in [5.41, 5.74) is 2.96. The molecule has 2 rings (SSSR count). The normalized spacial score (nSPS) is 24.5. The Morgan fingerprint density at radius 2 is 1.46 bits per heavy atom. The van der Waals surface area contributed by atoms with Gasteiger partial charge in [0, 0.05) is 20.1 Å². The highest BCUT2D eigenvalue weighted by Crippen LogP contribution is 2.56. The molecule has 0 aromatic rings. The molecule has 1 fully saturated rings. The minimum Gasteiger partial charge on any atom is -0.346 e. The Morgan fingerprint density at radius 1 is 0.958 bits per heavy atom. The molecule has 0 aliphatic heterocycles. The second-order valence-electron chi connectivity index (χ2n) is 8.50. The maximum atomic E-state index is 13.7. The number of ether oxygens (including phenoxy) is 2. The van der Waals surface area contributed by atoms with Crippen molar-refractivity contribution in [2.45, 2.75) is 89.6 Å². The zero-order chi connectivity index (χ0) is 18.3. The van der Waals surface area contributed by atoms with Crippen molar-refractivity contribution in [1.29, 1.82) is 0 Å². The number of methoxy groups -OCH3 is 2. The minimum absolute atomic E-state index is 0.117. The molecule has 0 aromatic heterocycles. The molecule has 0 bridgehead atoms. The summed E-state index contributed by atoms with van der Waals surface area (Å²) < 4.78 is 11.6. The Labute approximate surface area is 149 Å². The number of Topliss-reactive ketones (excluding diaryl/α,β-unsaturated/α-hetero) is 1. The van der Waals surface area contributed by atoms with Gasteiger partial charge in [0.25, 0.3) is 0 Å². The average molecular weight is 353 g/mol. The molecule has 0 amide bonds. The molecular weight excluding hydrogens is 316 g/mol. The quantitative estimate of drug-likeness (QED) is 0.483. The van der Waals surface area contributed by atoms with E-state index < -0.39 is 13.9 Å². The molecule has 1 unspecified atom stereocenters. The third-order valence-corrected chi connectivity index (χ3v) is 14.0. The molecule has 4 heteroatoms. The van der Waals surface area contributed by atoms with Crippen LogP contribution in [-0.4, -0.2) is 33.9 Å². The van der Waals surface area contributed by atoms with Crippen LogP contribution in [0.15, 0.2) is 10.8 Å². The van der Waals surface area contributed by atoms with Crippen LogP contribution in [0.2, 0.25) is 16.6 Å². The van der Waals surface area contributed by atoms with Crippen LogP contribution in [0.25, 0.3) is 0 Å². The number of fused-ring (bicyclic) bond motifs is 1. The average Bonchev–Trinajstić information content (AvgIpc) is 2.77. The van der Waals surface area contributed by atoms with Gasteiger partial charge >= 0.3 is 0 Å². The maximum Gasteiger partial charge on any atom is 0.239 e. The molecule has 0 spiro atoms. The summed E-state index contributed by atoms with van der Waals surface area (Å²) in [4.78, 5) is 13.7. The zero-order valence-electron chi connectivity index (χ0n) is 16.9. The lowest BCUT2D eigenvalue weighted by atomic mass is 9.83. The Hall–Kier alpha value is -0.453. The molecule has 24 heavy (non-hydrogen) atoms. The van der Waals surface area contributed by atoms with Crippen LogP contribution in [0.1, 0.15) is 67.2 Å². The summed E-state index contributed by atoms with van der Waals surface area (Å²) in [7, 11) is 1.26. The van der Waals surface area contributed by atoms with Crippen molar-refractivity contribution in [3.05, 3.63) is 10.8 Å². The van der Waals surface area contributed by atoms with E-state index in [1.54, 1.807) is 14.2 Å². The van der Waals surface area contributed by atoms with E-state index in [1.165, 1.54) is 17.2 Å². The van der Waals surface area contributed by atoms with E-state index in [0.717, 1.165) is 19.3 Å². The van der Waals surface area contributed by atoms with Gasteiger partial charge in [-0.3, -0.25) is 4.79 Å². The summed E-state index contributed by atoms with van der Waals surface area (Å²) in [6.45, 7) is 13.9. The molecule has 138 valence electrons. The monoisotopic (exact) mass is 352 g/mol. The van der Waals surface area contributed by atoms with Gasteiger partial charge in [-0.25, -0.2) is 0 Å². The predicted octanol–water partition coefficient (Wildman–Crippen LogP) is 5.26. The van der Waals surface area contributed by atoms with Gasteiger partial charge in [-0.05, 0) is 41.1 Å². The van der Waals surface area contributed by atoms with E-state index in [1.807, 2.05) is 0 Å². The fourth-order valence-corrected chi connectivity index (χ4v) is 13.3. The van der Waals surface area contributed by atoms with Crippen molar-refractivity contribution in [3.8, 4) is 0 Å². The van der Waals surface area contributed by atoms with Gasteiger partial charge in [0.1, 0.15) is 0 Å². The maximum absolute atomic E-state index is 13.7. The van der Waals surface area contributed by atoms with E-state index in [0.29, 0.717) is 16.6 Å². The van der Waals surface area contributed by atoms with Gasteiger partial charge in [0.2, 0.25) is 11.6 Å². The largest absolute Gasteiger partial charge is 0.346 e. The summed E-state index contributed by atoms with van der Waals surface area (Å²) in [5.74, 6) is -0.800. The molecule has 0 heterocycles. The molecule has 2 aliphatic carbocycles. The Bertz CT molecular complexity index is 493. The first-order valence-electron chi connectivity index (χ1n) is 9.60. The summed E-state index contributed by atoms with van der Waals surface area (Å²) >= 11 is 0. The van der Waals surface area contributed by atoms with Crippen LogP contribution in [0.5, 0.6) is 0 Å². The fourth-order valence-electron chi connectivity index (χ4n) is 6.10. The smallest absolute Gasteiger partial charge is 0.239 e. The van der Waals surface area contributed by atoms with Crippen molar-refractivity contribution in [2.24, 2.45) is 5.92 Å². The van der Waals surface area contributed by atoms with Crippen molar-refractivity contribution >= 4 is 13.9 Å². The van der Waals surface area contributed by atoms with Gasteiger partial charge in [-0.1, -0.05) is 53.5 Å². The highest BCUT2D eigenvalue weighted by molar-refractivity contribution is 6.94. The second-order valence-corrected chi connectivity index (χ2v) is 14.3. The first-order chi connectivity index (χ1) is 11.2. The highest BCUT2D eigenvalue weighted by Gasteiger charge is 2.62. The molecule has 0 N–H and O–H groups in total. The molecule has 2 aliphatic rings. The molecule has 1 atom stereocenters. The molecule has 3 nitrogen and oxygen atoms in total. The van der Waals surface area contributed by atoms with Crippen LogP contribution in [0, 0.1) is 5.92 Å². The first-order valence-corrected chi connectivity index (χ1v) is 11.8. The molecule has 0 radical (unpaired) electrons. The van der Waals surface area contributed by atoms with Gasteiger partial charge in [-0.2, -0.15) is 0 Å². The lowest BCUT2D eigenvalue weighted by Gasteiger charge is -2.45. The van der Waals surface area contributed by atoms with E-state index in [-0.39, 0.29) is 11.7 Å². The van der Waals surface area contributed by atoms with Gasteiger partial charge in [0.05, 0.1) is 8.07 Å². The third-order valence-electron chi connectivity index (χ3n) is 6.84. The van der Waals surface area contributed by atoms with Gasteiger partial charge in [0.15, 0.2) is 0 Å². The van der Waals surface area contributed by atoms with Crippen LogP contribution in [0.3, 0.4) is 0 Å². The molecule has 0 aromatic carbocycles. The van der Waals surface area contributed by atoms with Gasteiger partial charge in [-0.15, -0.1) is 0 Å². The predicted molar refractivity (Wildman–Crippen MR) is 102 cm³/mol. The standard InChI is InChI=1S/C20H36O3Si/c1-13(2)24(14(3)4,15(5)6)18-16-11-9-10-12-17(16)20(22-7,23-8)19(18)21/h13-15,17H,9-12H2,1-8H3. The van der Waals surface area contributed by atoms with E-state index in [4.69, 9.17) is 9.47 Å². The lowest BCUT2D eigenvalue weighted by molar-refractivity contribution is -0.219. The van der Waals surface area contributed by atoms with Gasteiger partial charge < -0.3 is 9.47 Å². The SMILES string of the molecule is COC1(OC)C(=O)C([Si](C(C)C)(C(C)C)C(C)C)=C2CCCCC21. The van der Waals surface area contributed by atoms with Crippen molar-refractivity contribution in [1.82, 2.24) is 0 Å². The van der Waals surface area contributed by atoms with Crippen molar-refractivity contribution < 1.29 is 14.3 Å². The van der Waals surface area contributed by atoms with E-state index in [9.17, 15) is 4.79 Å². The van der Waals surface area contributed by atoms with Crippen LogP contribution < -0.4 is 0 Å². The fraction of sp³-hybridized carbons (Fsp3) is 0.850. The van der Waals surface area contributed by atoms with Crippen LogP contribution in [-0.2, 0) is 14.3 Å². The number of rotatable bonds is 6. The Morgan fingerprint density at radius 3 is 1.88 bits per heavy atom. The van der Waals surface area contributed by atoms with Crippen LogP contribution >= 0.6 is 0 Å². The number of carbonyl (C=O) groups is 1. The summed E-state index contributed by atoms with van der Waals surface area (Å²) in [6, 6.07) is 0. The number of hydrogen-bond acceptors (Lipinski definition) is 3. The number of hydrogen-bond donors (Lipinski definition) is 0. The highest BCUT2D eigenvalue weighted by atomic mass is 28.3. The first kappa shape index (κ1) is 19.9.